The lowest BCUT2D eigenvalue weighted by Gasteiger charge is -2.21. The molecule has 0 bridgehead atoms. The predicted octanol–water partition coefficient (Wildman–Crippen LogP) is 4.48. The summed E-state index contributed by atoms with van der Waals surface area (Å²) in [5, 5.41) is 1.20. The second kappa shape index (κ2) is 8.78. The quantitative estimate of drug-likeness (QED) is 0.522. The van der Waals surface area contributed by atoms with E-state index in [-0.39, 0.29) is 11.5 Å². The van der Waals surface area contributed by atoms with E-state index in [1.807, 2.05) is 6.92 Å². The molecule has 0 saturated heterocycles. The van der Waals surface area contributed by atoms with E-state index < -0.39 is 5.92 Å². The molecule has 3 aromatic rings. The van der Waals surface area contributed by atoms with Crippen LogP contribution in [0.4, 0.5) is 0 Å². The van der Waals surface area contributed by atoms with Crippen LogP contribution in [0.2, 0.25) is 5.02 Å². The Morgan fingerprint density at radius 1 is 1.33 bits per heavy atom. The van der Waals surface area contributed by atoms with Crippen molar-refractivity contribution in [3.8, 4) is 5.75 Å². The van der Waals surface area contributed by atoms with Crippen LogP contribution < -0.4 is 10.3 Å². The van der Waals surface area contributed by atoms with Gasteiger partial charge in [0.05, 0.1) is 24.5 Å². The zero-order valence-electron chi connectivity index (χ0n) is 16.9. The van der Waals surface area contributed by atoms with Crippen LogP contribution in [-0.4, -0.2) is 28.7 Å². The molecule has 8 heteroatoms. The van der Waals surface area contributed by atoms with Crippen molar-refractivity contribution in [3.05, 3.63) is 55.9 Å². The number of carbonyl (C=O) groups is 1. The molecule has 0 N–H and O–H groups in total. The standard InChI is InChI=1S/C22H23ClN2O4S/c1-3-28-22(27)16-5-4-6-17-18(16)19-20(30-17)24-13(2)25(21(19)26)11-12-29-15-9-7-14(23)8-10-15/h7-10,16H,3-6,11-12H2,1-2H3. The van der Waals surface area contributed by atoms with Crippen molar-refractivity contribution in [3.63, 3.8) is 0 Å². The molecule has 2 heterocycles. The molecular formula is C22H23ClN2O4S. The molecule has 0 saturated carbocycles. The molecule has 0 radical (unpaired) electrons. The van der Waals surface area contributed by atoms with Gasteiger partial charge in [-0.2, -0.15) is 0 Å². The Morgan fingerprint density at radius 2 is 2.10 bits per heavy atom. The van der Waals surface area contributed by atoms with Crippen LogP contribution in [-0.2, 0) is 22.5 Å². The van der Waals surface area contributed by atoms with Gasteiger partial charge in [-0.25, -0.2) is 4.98 Å². The molecule has 2 aromatic heterocycles. The van der Waals surface area contributed by atoms with Crippen LogP contribution in [0.5, 0.6) is 5.75 Å². The first-order chi connectivity index (χ1) is 14.5. The summed E-state index contributed by atoms with van der Waals surface area (Å²) in [5.41, 5.74) is 0.704. The molecule has 1 aliphatic carbocycles. The monoisotopic (exact) mass is 446 g/mol. The highest BCUT2D eigenvalue weighted by molar-refractivity contribution is 7.18. The first-order valence-electron chi connectivity index (χ1n) is 10.1. The Kier molecular flexibility index (Phi) is 6.11. The second-order valence-electron chi connectivity index (χ2n) is 7.23. The number of carbonyl (C=O) groups excluding carboxylic acids is 1. The fourth-order valence-corrected chi connectivity index (χ4v) is 5.38. The minimum Gasteiger partial charge on any atom is -0.492 e. The Morgan fingerprint density at radius 3 is 2.83 bits per heavy atom. The number of halogens is 1. The van der Waals surface area contributed by atoms with Gasteiger partial charge >= 0.3 is 5.97 Å². The van der Waals surface area contributed by atoms with Gasteiger partial charge in [0, 0.05) is 9.90 Å². The van der Waals surface area contributed by atoms with Gasteiger partial charge < -0.3 is 9.47 Å². The molecule has 4 rings (SSSR count). The molecule has 0 spiro atoms. The van der Waals surface area contributed by atoms with E-state index in [2.05, 4.69) is 4.98 Å². The molecule has 0 aliphatic heterocycles. The van der Waals surface area contributed by atoms with Crippen molar-refractivity contribution in [1.29, 1.82) is 0 Å². The summed E-state index contributed by atoms with van der Waals surface area (Å²) in [7, 11) is 0. The summed E-state index contributed by atoms with van der Waals surface area (Å²) in [6, 6.07) is 7.10. The summed E-state index contributed by atoms with van der Waals surface area (Å²) >= 11 is 7.42. The summed E-state index contributed by atoms with van der Waals surface area (Å²) in [6.07, 6.45) is 2.47. The van der Waals surface area contributed by atoms with Gasteiger partial charge in [0.2, 0.25) is 0 Å². The van der Waals surface area contributed by atoms with Gasteiger partial charge in [-0.05, 0) is 62.9 Å². The zero-order chi connectivity index (χ0) is 21.3. The maximum absolute atomic E-state index is 13.4. The first-order valence-corrected chi connectivity index (χ1v) is 11.3. The topological polar surface area (TPSA) is 70.4 Å². The normalized spacial score (nSPS) is 15.8. The number of hydrogen-bond donors (Lipinski definition) is 0. The van der Waals surface area contributed by atoms with Crippen molar-refractivity contribution >= 4 is 39.1 Å². The Labute approximate surface area is 183 Å². The van der Waals surface area contributed by atoms with Gasteiger partial charge in [0.1, 0.15) is 23.0 Å². The van der Waals surface area contributed by atoms with E-state index in [1.54, 1.807) is 35.8 Å². The highest BCUT2D eigenvalue weighted by Gasteiger charge is 2.33. The summed E-state index contributed by atoms with van der Waals surface area (Å²) < 4.78 is 12.7. The average molecular weight is 447 g/mol. The Bertz CT molecular complexity index is 1140. The molecular weight excluding hydrogens is 424 g/mol. The lowest BCUT2D eigenvalue weighted by atomic mass is 9.86. The lowest BCUT2D eigenvalue weighted by molar-refractivity contribution is -0.145. The minimum atomic E-state index is -0.390. The van der Waals surface area contributed by atoms with Crippen LogP contribution in [0.25, 0.3) is 10.2 Å². The van der Waals surface area contributed by atoms with Crippen LogP contribution in [0.3, 0.4) is 0 Å². The van der Waals surface area contributed by atoms with Gasteiger partial charge in [-0.3, -0.25) is 14.2 Å². The van der Waals surface area contributed by atoms with Gasteiger partial charge in [0.15, 0.2) is 0 Å². The Hall–Kier alpha value is -2.38. The number of fused-ring (bicyclic) bond motifs is 3. The number of thiophene rings is 1. The fourth-order valence-electron chi connectivity index (χ4n) is 3.94. The van der Waals surface area contributed by atoms with E-state index in [1.165, 1.54) is 11.3 Å². The number of ether oxygens (including phenoxy) is 2. The van der Waals surface area contributed by atoms with Gasteiger partial charge in [-0.1, -0.05) is 11.6 Å². The molecule has 1 atom stereocenters. The smallest absolute Gasteiger partial charge is 0.313 e. The summed E-state index contributed by atoms with van der Waals surface area (Å²) in [4.78, 5) is 32.4. The number of nitrogens with zero attached hydrogens (tertiary/aromatic N) is 2. The van der Waals surface area contributed by atoms with Crippen molar-refractivity contribution in [2.24, 2.45) is 0 Å². The third kappa shape index (κ3) is 3.96. The summed E-state index contributed by atoms with van der Waals surface area (Å²) in [5.74, 6) is 0.682. The van der Waals surface area contributed by atoms with Crippen molar-refractivity contribution in [2.75, 3.05) is 13.2 Å². The number of esters is 1. The largest absolute Gasteiger partial charge is 0.492 e. The van der Waals surface area contributed by atoms with Crippen molar-refractivity contribution < 1.29 is 14.3 Å². The van der Waals surface area contributed by atoms with Crippen LogP contribution in [0.15, 0.2) is 29.1 Å². The molecule has 30 heavy (non-hydrogen) atoms. The van der Waals surface area contributed by atoms with Crippen molar-refractivity contribution in [1.82, 2.24) is 9.55 Å². The van der Waals surface area contributed by atoms with E-state index in [0.717, 1.165) is 23.3 Å². The van der Waals surface area contributed by atoms with E-state index >= 15 is 0 Å². The molecule has 6 nitrogen and oxygen atoms in total. The van der Waals surface area contributed by atoms with Crippen LogP contribution in [0.1, 0.15) is 41.9 Å². The van der Waals surface area contributed by atoms with E-state index in [0.29, 0.717) is 53.0 Å². The maximum atomic E-state index is 13.4. The fraction of sp³-hybridized carbons (Fsp3) is 0.409. The third-order valence-electron chi connectivity index (χ3n) is 5.33. The van der Waals surface area contributed by atoms with Gasteiger partial charge in [-0.15, -0.1) is 11.3 Å². The zero-order valence-corrected chi connectivity index (χ0v) is 18.5. The highest BCUT2D eigenvalue weighted by atomic mass is 35.5. The number of rotatable bonds is 6. The molecule has 158 valence electrons. The average Bonchev–Trinajstić information content (AvgIpc) is 3.10. The van der Waals surface area contributed by atoms with Crippen LogP contribution >= 0.6 is 22.9 Å². The molecule has 0 fully saturated rings. The molecule has 1 aliphatic rings. The third-order valence-corrected chi connectivity index (χ3v) is 6.74. The first kappa shape index (κ1) is 20.9. The number of aryl methyl sites for hydroxylation is 2. The molecule has 1 unspecified atom stereocenters. The van der Waals surface area contributed by atoms with E-state index in [4.69, 9.17) is 21.1 Å². The lowest BCUT2D eigenvalue weighted by Crippen LogP contribution is -2.28. The highest BCUT2D eigenvalue weighted by Crippen LogP contribution is 2.41. The van der Waals surface area contributed by atoms with Crippen LogP contribution in [0, 0.1) is 6.92 Å². The maximum Gasteiger partial charge on any atom is 0.313 e. The predicted molar refractivity (Wildman–Crippen MR) is 118 cm³/mol. The number of benzene rings is 1. The van der Waals surface area contributed by atoms with E-state index in [9.17, 15) is 9.59 Å². The second-order valence-corrected chi connectivity index (χ2v) is 8.75. The van der Waals surface area contributed by atoms with Gasteiger partial charge in [0.25, 0.3) is 5.56 Å². The SMILES string of the molecule is CCOC(=O)C1CCCc2sc3nc(C)n(CCOc4ccc(Cl)cc4)c(=O)c3c21. The number of hydrogen-bond acceptors (Lipinski definition) is 6. The Balaban J connectivity index is 1.66. The number of aromatic nitrogens is 2. The minimum absolute atomic E-state index is 0.120. The summed E-state index contributed by atoms with van der Waals surface area (Å²) in [6.45, 7) is 4.64. The van der Waals surface area contributed by atoms with Crippen molar-refractivity contribution in [2.45, 2.75) is 45.6 Å². The molecule has 0 amide bonds. The molecule has 1 aromatic carbocycles.